The van der Waals surface area contributed by atoms with E-state index in [0.717, 1.165) is 31.4 Å². The number of thioether (sulfide) groups is 1. The number of hydrogen-bond donors (Lipinski definition) is 2. The van der Waals surface area contributed by atoms with Crippen molar-refractivity contribution in [3.05, 3.63) is 12.7 Å². The molecule has 2 aromatic heterocycles. The number of ether oxygens (including phenoxy) is 1. The molecule has 0 aliphatic carbocycles. The maximum atomic E-state index is 13.5. The van der Waals surface area contributed by atoms with Gasteiger partial charge in [0, 0.05) is 5.25 Å². The Morgan fingerprint density at radius 3 is 2.21 bits per heavy atom. The number of aromatic nitrogens is 4. The molecule has 1 aliphatic rings. The molecule has 0 radical (unpaired) electrons. The van der Waals surface area contributed by atoms with Crippen LogP contribution in [0.1, 0.15) is 156 Å². The second kappa shape index (κ2) is 25.1. The second-order valence-corrected chi connectivity index (χ2v) is 18.1. The van der Waals surface area contributed by atoms with E-state index in [9.17, 15) is 19.1 Å². The van der Waals surface area contributed by atoms with E-state index in [2.05, 4.69) is 28.8 Å². The minimum Gasteiger partial charge on any atom is -0.492 e. The first-order chi connectivity index (χ1) is 25.1. The van der Waals surface area contributed by atoms with Gasteiger partial charge in [-0.15, -0.1) is 4.67 Å². The van der Waals surface area contributed by atoms with Crippen molar-refractivity contribution < 1.29 is 46.8 Å². The second-order valence-electron chi connectivity index (χ2n) is 13.6. The highest BCUT2D eigenvalue weighted by molar-refractivity contribution is 7.99. The van der Waals surface area contributed by atoms with Crippen molar-refractivity contribution in [3.63, 3.8) is 0 Å². The molecule has 14 nitrogen and oxygen atoms in total. The molecule has 17 heteroatoms. The molecule has 3 heterocycles. The SMILES string of the molecule is CCCCCCCCCCCCSC(CCCCCCC)C(C)OOP(=O)(O)OP(=O)(OCCC)OC[C@@H]1CC[C@H](n2cnc3c(O)ncnc32)O1. The molecule has 6 atom stereocenters. The summed E-state index contributed by atoms with van der Waals surface area (Å²) in [5, 5.41) is 10.0. The molecule has 0 spiro atoms. The predicted molar refractivity (Wildman–Crippen MR) is 204 cm³/mol. The van der Waals surface area contributed by atoms with E-state index in [4.69, 9.17) is 27.7 Å². The summed E-state index contributed by atoms with van der Waals surface area (Å²) in [4.78, 5) is 28.1. The van der Waals surface area contributed by atoms with Crippen LogP contribution in [0.3, 0.4) is 0 Å². The lowest BCUT2D eigenvalue weighted by Crippen LogP contribution is -2.24. The Bertz CT molecular complexity index is 1360. The minimum atomic E-state index is -5.03. The third-order valence-corrected chi connectivity index (χ3v) is 13.5. The normalized spacial score (nSPS) is 19.9. The Balaban J connectivity index is 1.47. The summed E-state index contributed by atoms with van der Waals surface area (Å²) < 4.78 is 55.1. The lowest BCUT2D eigenvalue weighted by molar-refractivity contribution is -0.252. The Hall–Kier alpha value is -1.12. The molecule has 2 N–H and O–H groups in total. The number of aromatic hydroxyl groups is 1. The standard InChI is InChI=1S/C35H64N4O10P2S/c1-5-8-10-12-13-14-15-16-18-20-25-52-31(21-19-17-11-9-6-2)29(4)47-48-50(41,42)49-51(43,44-24-7-3)45-26-30-22-23-32(46-30)39-28-38-33-34(39)36-27-37-35(33)40/h27-32H,5-26H2,1-4H3,(H,41,42)(H,36,37,40)/t29?,30-,31?,32+,51?/m0/s1. The van der Waals surface area contributed by atoms with Crippen molar-refractivity contribution in [2.75, 3.05) is 19.0 Å². The van der Waals surface area contributed by atoms with E-state index in [-0.39, 0.29) is 29.9 Å². The van der Waals surface area contributed by atoms with Gasteiger partial charge in [-0.25, -0.2) is 24.0 Å². The zero-order chi connectivity index (χ0) is 37.7. The van der Waals surface area contributed by atoms with Crippen LogP contribution in [0.4, 0.5) is 0 Å². The molecule has 300 valence electrons. The van der Waals surface area contributed by atoms with E-state index in [1.54, 1.807) is 11.5 Å². The highest BCUT2D eigenvalue weighted by Crippen LogP contribution is 2.64. The molecule has 1 saturated heterocycles. The van der Waals surface area contributed by atoms with Crippen molar-refractivity contribution in [2.45, 2.75) is 173 Å². The molecular formula is C35H64N4O10P2S. The zero-order valence-electron chi connectivity index (χ0n) is 31.8. The van der Waals surface area contributed by atoms with E-state index in [1.807, 2.05) is 18.7 Å². The van der Waals surface area contributed by atoms with Crippen LogP contribution < -0.4 is 0 Å². The third-order valence-electron chi connectivity index (χ3n) is 9.04. The number of phosphoric ester groups is 1. The van der Waals surface area contributed by atoms with Gasteiger partial charge in [0.05, 0.1) is 25.6 Å². The number of phosphoric acid groups is 2. The van der Waals surface area contributed by atoms with Gasteiger partial charge in [-0.1, -0.05) is 111 Å². The summed E-state index contributed by atoms with van der Waals surface area (Å²) >= 11 is 1.81. The Morgan fingerprint density at radius 2 is 1.54 bits per heavy atom. The van der Waals surface area contributed by atoms with Crippen LogP contribution in [0.15, 0.2) is 12.7 Å². The molecule has 0 aromatic carbocycles. The number of imidazole rings is 1. The van der Waals surface area contributed by atoms with Crippen LogP contribution in [0.5, 0.6) is 5.88 Å². The van der Waals surface area contributed by atoms with Crippen molar-refractivity contribution in [1.29, 1.82) is 0 Å². The Kier molecular flexibility index (Phi) is 21.9. The highest BCUT2D eigenvalue weighted by atomic mass is 32.2. The van der Waals surface area contributed by atoms with E-state index >= 15 is 0 Å². The number of rotatable bonds is 31. The van der Waals surface area contributed by atoms with Crippen molar-refractivity contribution in [1.82, 2.24) is 19.5 Å². The van der Waals surface area contributed by atoms with Crippen LogP contribution in [0, 0.1) is 0 Å². The smallest absolute Gasteiger partial charge is 0.492 e. The van der Waals surface area contributed by atoms with E-state index < -0.39 is 34.1 Å². The van der Waals surface area contributed by atoms with Gasteiger partial charge in [0.2, 0.25) is 5.88 Å². The van der Waals surface area contributed by atoms with Gasteiger partial charge >= 0.3 is 15.6 Å². The summed E-state index contributed by atoms with van der Waals surface area (Å²) in [6.07, 6.45) is 22.1. The number of fused-ring (bicyclic) bond motifs is 1. The Morgan fingerprint density at radius 1 is 0.885 bits per heavy atom. The summed E-state index contributed by atoms with van der Waals surface area (Å²) in [6.45, 7) is 7.77. The Labute approximate surface area is 315 Å². The lowest BCUT2D eigenvalue weighted by atomic mass is 10.1. The summed E-state index contributed by atoms with van der Waals surface area (Å²) in [7, 11) is -9.59. The first-order valence-electron chi connectivity index (χ1n) is 19.5. The van der Waals surface area contributed by atoms with Gasteiger partial charge in [-0.3, -0.25) is 13.6 Å². The maximum absolute atomic E-state index is 13.5. The van der Waals surface area contributed by atoms with Crippen LogP contribution >= 0.6 is 27.4 Å². The third kappa shape index (κ3) is 16.7. The van der Waals surface area contributed by atoms with Gasteiger partial charge < -0.3 is 14.7 Å². The fraction of sp³-hybridized carbons (Fsp3) is 0.857. The van der Waals surface area contributed by atoms with Crippen LogP contribution in [-0.2, 0) is 36.8 Å². The van der Waals surface area contributed by atoms with Gasteiger partial charge in [0.15, 0.2) is 11.2 Å². The van der Waals surface area contributed by atoms with Gasteiger partial charge in [-0.2, -0.15) is 21.1 Å². The maximum Gasteiger partial charge on any atom is 0.508 e. The van der Waals surface area contributed by atoms with Crippen molar-refractivity contribution in [2.24, 2.45) is 0 Å². The van der Waals surface area contributed by atoms with Crippen molar-refractivity contribution >= 4 is 38.6 Å². The first-order valence-corrected chi connectivity index (χ1v) is 23.5. The van der Waals surface area contributed by atoms with E-state index in [0.29, 0.717) is 24.9 Å². The number of hydrogen-bond acceptors (Lipinski definition) is 13. The topological polar surface area (TPSA) is 174 Å². The molecule has 1 fully saturated rings. The van der Waals surface area contributed by atoms with Crippen molar-refractivity contribution in [3.8, 4) is 5.88 Å². The first kappa shape index (κ1) is 45.3. The van der Waals surface area contributed by atoms with Gasteiger partial charge in [0.25, 0.3) is 0 Å². The largest absolute Gasteiger partial charge is 0.508 e. The fourth-order valence-electron chi connectivity index (χ4n) is 6.08. The molecule has 2 aromatic rings. The zero-order valence-corrected chi connectivity index (χ0v) is 34.4. The van der Waals surface area contributed by atoms with Crippen LogP contribution in [-0.4, -0.2) is 65.9 Å². The fourth-order valence-corrected chi connectivity index (χ4v) is 9.97. The average Bonchev–Trinajstić information content (AvgIpc) is 3.78. The number of nitrogens with zero attached hydrogens (tertiary/aromatic N) is 4. The van der Waals surface area contributed by atoms with Gasteiger partial charge in [-0.05, 0) is 44.8 Å². The average molecular weight is 795 g/mol. The summed E-state index contributed by atoms with van der Waals surface area (Å²) in [5.74, 6) is 0.741. The molecule has 0 bridgehead atoms. The number of unbranched alkanes of at least 4 members (excludes halogenated alkanes) is 13. The quantitative estimate of drug-likeness (QED) is 0.0319. The molecular weight excluding hydrogens is 730 g/mol. The molecule has 1 aliphatic heterocycles. The molecule has 4 unspecified atom stereocenters. The van der Waals surface area contributed by atoms with E-state index in [1.165, 1.54) is 89.7 Å². The molecule has 0 saturated carbocycles. The lowest BCUT2D eigenvalue weighted by Gasteiger charge is -2.25. The minimum absolute atomic E-state index is 0.0391. The van der Waals surface area contributed by atoms with Crippen LogP contribution in [0.2, 0.25) is 0 Å². The molecule has 3 rings (SSSR count). The molecule has 0 amide bonds. The predicted octanol–water partition coefficient (Wildman–Crippen LogP) is 10.6. The highest BCUT2D eigenvalue weighted by Gasteiger charge is 2.41. The van der Waals surface area contributed by atoms with Gasteiger partial charge in [0.1, 0.15) is 18.7 Å². The monoisotopic (exact) mass is 794 g/mol. The van der Waals surface area contributed by atoms with Crippen LogP contribution in [0.25, 0.3) is 11.2 Å². The summed E-state index contributed by atoms with van der Waals surface area (Å²) in [5.41, 5.74) is 0.653. The molecule has 52 heavy (non-hydrogen) atoms. The summed E-state index contributed by atoms with van der Waals surface area (Å²) in [6, 6.07) is 0.